The Bertz CT molecular complexity index is 1260. The normalized spacial score (nSPS) is 12.6. The minimum Gasteiger partial charge on any atom is -0.334 e. The van der Waals surface area contributed by atoms with E-state index in [2.05, 4.69) is 20.8 Å². The van der Waals surface area contributed by atoms with E-state index < -0.39 is 0 Å². The van der Waals surface area contributed by atoms with Gasteiger partial charge in [0.2, 0.25) is 0 Å². The second-order valence-electron chi connectivity index (χ2n) is 7.51. The first kappa shape index (κ1) is 18.9. The molecule has 0 spiro atoms. The lowest BCUT2D eigenvalue weighted by Crippen LogP contribution is -2.36. The maximum atomic E-state index is 12.9. The quantitative estimate of drug-likeness (QED) is 0.473. The van der Waals surface area contributed by atoms with Crippen LogP contribution in [0.3, 0.4) is 0 Å². The van der Waals surface area contributed by atoms with Crippen molar-refractivity contribution in [2.24, 2.45) is 0 Å². The number of hydrogen-bond donors (Lipinski definition) is 3. The summed E-state index contributed by atoms with van der Waals surface area (Å²) in [6, 6.07) is 23.0. The van der Waals surface area contributed by atoms with E-state index in [1.54, 1.807) is 11.0 Å². The van der Waals surface area contributed by atoms with Gasteiger partial charge in [0, 0.05) is 17.7 Å². The molecule has 0 unspecified atom stereocenters. The summed E-state index contributed by atoms with van der Waals surface area (Å²) in [6.07, 6.45) is 0. The van der Waals surface area contributed by atoms with Crippen molar-refractivity contribution in [3.8, 4) is 0 Å². The highest BCUT2D eigenvalue weighted by atomic mass is 16.2. The molecular formula is C24H21N5O2. The summed E-state index contributed by atoms with van der Waals surface area (Å²) in [5.41, 5.74) is 3.24. The van der Waals surface area contributed by atoms with E-state index in [4.69, 9.17) is 0 Å². The average molecular weight is 411 g/mol. The second-order valence-corrected chi connectivity index (χ2v) is 7.51. The van der Waals surface area contributed by atoms with Gasteiger partial charge in [-0.25, -0.2) is 4.79 Å². The number of amides is 3. The Hall–Kier alpha value is -4.13. The van der Waals surface area contributed by atoms with Crippen LogP contribution in [0.5, 0.6) is 0 Å². The van der Waals surface area contributed by atoms with Crippen molar-refractivity contribution >= 4 is 28.5 Å². The molecule has 0 bridgehead atoms. The molecule has 1 aliphatic rings. The molecule has 2 heterocycles. The van der Waals surface area contributed by atoms with Gasteiger partial charge in [-0.1, -0.05) is 66.7 Å². The zero-order valence-corrected chi connectivity index (χ0v) is 16.8. The smallest absolute Gasteiger partial charge is 0.318 e. The number of urea groups is 1. The Labute approximate surface area is 179 Å². The molecule has 0 atom stereocenters. The number of fused-ring (bicyclic) bond motifs is 2. The van der Waals surface area contributed by atoms with Crippen molar-refractivity contribution in [2.75, 3.05) is 5.32 Å². The predicted molar refractivity (Wildman–Crippen MR) is 118 cm³/mol. The first-order valence-electron chi connectivity index (χ1n) is 10.1. The molecule has 7 nitrogen and oxygen atoms in total. The van der Waals surface area contributed by atoms with E-state index in [0.717, 1.165) is 27.6 Å². The van der Waals surface area contributed by atoms with Crippen molar-refractivity contribution in [1.82, 2.24) is 20.4 Å². The van der Waals surface area contributed by atoms with Crippen LogP contribution in [0.4, 0.5) is 10.6 Å². The molecule has 0 fully saturated rings. The molecule has 1 aliphatic heterocycles. The Morgan fingerprint density at radius 3 is 2.58 bits per heavy atom. The van der Waals surface area contributed by atoms with Crippen LogP contribution in [-0.4, -0.2) is 27.0 Å². The van der Waals surface area contributed by atoms with Gasteiger partial charge < -0.3 is 15.5 Å². The van der Waals surface area contributed by atoms with Gasteiger partial charge >= 0.3 is 6.03 Å². The molecule has 3 N–H and O–H groups in total. The molecule has 3 amide bonds. The monoisotopic (exact) mass is 411 g/mol. The number of nitrogens with one attached hydrogen (secondary N) is 3. The Kier molecular flexibility index (Phi) is 4.84. The number of aromatic nitrogens is 2. The molecule has 5 rings (SSSR count). The van der Waals surface area contributed by atoms with Crippen LogP contribution < -0.4 is 10.6 Å². The Morgan fingerprint density at radius 2 is 1.71 bits per heavy atom. The largest absolute Gasteiger partial charge is 0.334 e. The first-order chi connectivity index (χ1) is 15.2. The summed E-state index contributed by atoms with van der Waals surface area (Å²) in [7, 11) is 0. The van der Waals surface area contributed by atoms with Crippen molar-refractivity contribution in [3.05, 3.63) is 95.2 Å². The average Bonchev–Trinajstić information content (AvgIpc) is 3.40. The van der Waals surface area contributed by atoms with Crippen LogP contribution in [0.25, 0.3) is 10.8 Å². The summed E-state index contributed by atoms with van der Waals surface area (Å²) in [5.74, 6) is 0.321. The Morgan fingerprint density at radius 1 is 0.935 bits per heavy atom. The van der Waals surface area contributed by atoms with Crippen LogP contribution in [0.15, 0.2) is 72.8 Å². The summed E-state index contributed by atoms with van der Waals surface area (Å²) in [5, 5.41) is 15.0. The third-order valence-corrected chi connectivity index (χ3v) is 5.49. The van der Waals surface area contributed by atoms with Crippen LogP contribution in [-0.2, 0) is 19.6 Å². The molecular weight excluding hydrogens is 390 g/mol. The van der Waals surface area contributed by atoms with Gasteiger partial charge in [-0.15, -0.1) is 0 Å². The standard InChI is InChI=1S/C24H21N5O2/c30-23(19-12-6-10-17-9-4-5-11-18(17)19)26-22-20-14-29(15-21(20)27-28-22)24(31)25-13-16-7-2-1-3-8-16/h1-12H,13-15H2,(H,25,31)(H2,26,27,28,30). The van der Waals surface area contributed by atoms with Crippen LogP contribution >= 0.6 is 0 Å². The lowest BCUT2D eigenvalue weighted by Gasteiger charge is -2.17. The van der Waals surface area contributed by atoms with Crippen molar-refractivity contribution in [3.63, 3.8) is 0 Å². The van der Waals surface area contributed by atoms with Gasteiger partial charge in [0.15, 0.2) is 0 Å². The highest BCUT2D eigenvalue weighted by Crippen LogP contribution is 2.28. The van der Waals surface area contributed by atoms with Gasteiger partial charge in [-0.2, -0.15) is 5.10 Å². The van der Waals surface area contributed by atoms with E-state index in [1.165, 1.54) is 0 Å². The van der Waals surface area contributed by atoms with Gasteiger partial charge in [0.25, 0.3) is 5.91 Å². The number of aromatic amines is 1. The van der Waals surface area contributed by atoms with Crippen molar-refractivity contribution in [1.29, 1.82) is 0 Å². The molecule has 0 saturated heterocycles. The predicted octanol–water partition coefficient (Wildman–Crippen LogP) is 4.04. The number of rotatable bonds is 4. The fraction of sp³-hybridized carbons (Fsp3) is 0.125. The number of nitrogens with zero attached hydrogens (tertiary/aromatic N) is 2. The summed E-state index contributed by atoms with van der Waals surface area (Å²) < 4.78 is 0. The first-order valence-corrected chi connectivity index (χ1v) is 10.1. The number of carbonyl (C=O) groups is 2. The number of hydrogen-bond acceptors (Lipinski definition) is 3. The van der Waals surface area contributed by atoms with Crippen molar-refractivity contribution < 1.29 is 9.59 Å². The maximum absolute atomic E-state index is 12.9. The van der Waals surface area contributed by atoms with Crippen LogP contribution in [0, 0.1) is 0 Å². The molecule has 154 valence electrons. The lowest BCUT2D eigenvalue weighted by atomic mass is 10.0. The Balaban J connectivity index is 1.27. The fourth-order valence-corrected chi connectivity index (χ4v) is 3.87. The summed E-state index contributed by atoms with van der Waals surface area (Å²) in [6.45, 7) is 1.25. The van der Waals surface area contributed by atoms with Crippen LogP contribution in [0.1, 0.15) is 27.2 Å². The van der Waals surface area contributed by atoms with E-state index >= 15 is 0 Å². The molecule has 0 radical (unpaired) electrons. The van der Waals surface area contributed by atoms with Gasteiger partial charge in [0.05, 0.1) is 18.8 Å². The van der Waals surface area contributed by atoms with E-state index in [-0.39, 0.29) is 11.9 Å². The lowest BCUT2D eigenvalue weighted by molar-refractivity contribution is 0.102. The van der Waals surface area contributed by atoms with Crippen LogP contribution in [0.2, 0.25) is 0 Å². The molecule has 0 aliphatic carbocycles. The molecule has 31 heavy (non-hydrogen) atoms. The zero-order chi connectivity index (χ0) is 21.2. The number of benzene rings is 3. The van der Waals surface area contributed by atoms with E-state index in [0.29, 0.717) is 31.0 Å². The number of H-pyrrole nitrogens is 1. The maximum Gasteiger partial charge on any atom is 0.318 e. The molecule has 3 aromatic carbocycles. The molecule has 1 aromatic heterocycles. The number of anilines is 1. The van der Waals surface area contributed by atoms with E-state index in [1.807, 2.05) is 66.7 Å². The fourth-order valence-electron chi connectivity index (χ4n) is 3.87. The zero-order valence-electron chi connectivity index (χ0n) is 16.8. The van der Waals surface area contributed by atoms with E-state index in [9.17, 15) is 9.59 Å². The third kappa shape index (κ3) is 3.73. The highest BCUT2D eigenvalue weighted by Gasteiger charge is 2.29. The minimum atomic E-state index is -0.213. The topological polar surface area (TPSA) is 90.1 Å². The van der Waals surface area contributed by atoms with Gasteiger partial charge in [-0.05, 0) is 22.4 Å². The SMILES string of the molecule is O=C(Nc1[nH]nc2c1CN(C(=O)NCc1ccccc1)C2)c1cccc2ccccc12. The molecule has 4 aromatic rings. The van der Waals surface area contributed by atoms with Crippen molar-refractivity contribution in [2.45, 2.75) is 19.6 Å². The minimum absolute atomic E-state index is 0.159. The molecule has 7 heteroatoms. The number of carbonyl (C=O) groups excluding carboxylic acids is 2. The highest BCUT2D eigenvalue weighted by molar-refractivity contribution is 6.12. The second kappa shape index (κ2) is 7.95. The molecule has 0 saturated carbocycles. The summed E-state index contributed by atoms with van der Waals surface area (Å²) in [4.78, 5) is 27.2. The van der Waals surface area contributed by atoms with Gasteiger partial charge in [-0.3, -0.25) is 9.89 Å². The summed E-state index contributed by atoms with van der Waals surface area (Å²) >= 11 is 0. The van der Waals surface area contributed by atoms with Gasteiger partial charge in [0.1, 0.15) is 5.82 Å². The third-order valence-electron chi connectivity index (χ3n) is 5.49.